The quantitative estimate of drug-likeness (QED) is 0.716. The summed E-state index contributed by atoms with van der Waals surface area (Å²) in [5.41, 5.74) is 4.12. The summed E-state index contributed by atoms with van der Waals surface area (Å²) in [6.07, 6.45) is 1.27. The fourth-order valence-electron chi connectivity index (χ4n) is 1.75. The molecule has 1 unspecified atom stereocenters. The summed E-state index contributed by atoms with van der Waals surface area (Å²) in [7, 11) is 0. The van der Waals surface area contributed by atoms with E-state index in [9.17, 15) is 18.7 Å². The molecule has 0 saturated heterocycles. The van der Waals surface area contributed by atoms with Gasteiger partial charge in [-0.1, -0.05) is 13.3 Å². The average Bonchev–Trinajstić information content (AvgIpc) is 2.31. The maximum Gasteiger partial charge on any atom is 0.253 e. The molecule has 1 amide bonds. The highest BCUT2D eigenvalue weighted by Crippen LogP contribution is 2.17. The Balaban J connectivity index is 2.77. The van der Waals surface area contributed by atoms with Crippen LogP contribution in [0.2, 0.25) is 0 Å². The van der Waals surface area contributed by atoms with Crippen molar-refractivity contribution in [3.05, 3.63) is 29.3 Å². The van der Waals surface area contributed by atoms with Crippen LogP contribution in [0.15, 0.2) is 12.1 Å². The summed E-state index contributed by atoms with van der Waals surface area (Å²) >= 11 is 0. The number of carbonyl (C=O) groups excluding carboxylic acids is 1. The summed E-state index contributed by atoms with van der Waals surface area (Å²) in [5, 5.41) is 12.4. The van der Waals surface area contributed by atoms with Gasteiger partial charge in [-0.2, -0.15) is 0 Å². The largest absolute Gasteiger partial charge is 0.398 e. The SMILES string of the molecule is CCCC(C)(O)CNC(=O)c1cc(F)c(F)cc1N. The topological polar surface area (TPSA) is 75.3 Å². The Morgan fingerprint density at radius 1 is 1.42 bits per heavy atom. The van der Waals surface area contributed by atoms with Crippen LogP contribution in [0.4, 0.5) is 14.5 Å². The zero-order chi connectivity index (χ0) is 14.6. The van der Waals surface area contributed by atoms with Crippen LogP contribution in [0.3, 0.4) is 0 Å². The van der Waals surface area contributed by atoms with Gasteiger partial charge in [-0.05, 0) is 19.4 Å². The predicted molar refractivity (Wildman–Crippen MR) is 68.6 cm³/mol. The van der Waals surface area contributed by atoms with E-state index in [1.165, 1.54) is 0 Å². The minimum atomic E-state index is -1.14. The molecule has 0 heterocycles. The normalized spacial score (nSPS) is 13.9. The summed E-state index contributed by atoms with van der Waals surface area (Å²) < 4.78 is 25.9. The summed E-state index contributed by atoms with van der Waals surface area (Å²) in [4.78, 5) is 11.8. The van der Waals surface area contributed by atoms with Crippen molar-refractivity contribution in [2.45, 2.75) is 32.3 Å². The van der Waals surface area contributed by atoms with Crippen molar-refractivity contribution in [1.29, 1.82) is 0 Å². The van der Waals surface area contributed by atoms with Gasteiger partial charge in [-0.3, -0.25) is 4.79 Å². The van der Waals surface area contributed by atoms with Crippen LogP contribution < -0.4 is 11.1 Å². The molecule has 0 saturated carbocycles. The molecular formula is C13H18F2N2O2. The van der Waals surface area contributed by atoms with E-state index in [2.05, 4.69) is 5.32 Å². The van der Waals surface area contributed by atoms with Gasteiger partial charge >= 0.3 is 0 Å². The Kier molecular flexibility index (Phi) is 4.83. The number of benzene rings is 1. The Morgan fingerprint density at radius 2 is 2.00 bits per heavy atom. The molecule has 0 bridgehead atoms. The number of halogens is 2. The van der Waals surface area contributed by atoms with E-state index < -0.39 is 23.1 Å². The second kappa shape index (κ2) is 5.97. The van der Waals surface area contributed by atoms with E-state index in [-0.39, 0.29) is 17.8 Å². The van der Waals surface area contributed by atoms with Gasteiger partial charge in [0.1, 0.15) is 0 Å². The van der Waals surface area contributed by atoms with Crippen molar-refractivity contribution < 1.29 is 18.7 Å². The van der Waals surface area contributed by atoms with Gasteiger partial charge in [0.15, 0.2) is 11.6 Å². The number of nitrogens with one attached hydrogen (secondary N) is 1. The lowest BCUT2D eigenvalue weighted by atomic mass is 10.0. The van der Waals surface area contributed by atoms with E-state index in [4.69, 9.17) is 5.73 Å². The third-order valence-corrected chi connectivity index (χ3v) is 2.76. The zero-order valence-corrected chi connectivity index (χ0v) is 11.0. The number of hydrogen-bond acceptors (Lipinski definition) is 3. The first kappa shape index (κ1) is 15.4. The Bertz CT molecular complexity index is 476. The zero-order valence-electron chi connectivity index (χ0n) is 11.0. The fraction of sp³-hybridized carbons (Fsp3) is 0.462. The monoisotopic (exact) mass is 272 g/mol. The molecule has 106 valence electrons. The molecule has 1 atom stereocenters. The standard InChI is InChI=1S/C13H18F2N2O2/c1-3-4-13(2,19)7-17-12(18)8-5-9(14)10(15)6-11(8)16/h5-6,19H,3-4,7,16H2,1-2H3,(H,17,18). The molecule has 1 aromatic rings. The van der Waals surface area contributed by atoms with E-state index in [0.717, 1.165) is 18.6 Å². The summed E-state index contributed by atoms with van der Waals surface area (Å²) in [6.45, 7) is 3.51. The average molecular weight is 272 g/mol. The summed E-state index contributed by atoms with van der Waals surface area (Å²) in [6, 6.07) is 1.50. The van der Waals surface area contributed by atoms with Crippen molar-refractivity contribution >= 4 is 11.6 Å². The van der Waals surface area contributed by atoms with Crippen molar-refractivity contribution in [3.63, 3.8) is 0 Å². The molecule has 4 nitrogen and oxygen atoms in total. The van der Waals surface area contributed by atoms with Crippen molar-refractivity contribution in [2.75, 3.05) is 12.3 Å². The van der Waals surface area contributed by atoms with Gasteiger partial charge in [-0.25, -0.2) is 8.78 Å². The molecule has 0 spiro atoms. The number of anilines is 1. The summed E-state index contributed by atoms with van der Waals surface area (Å²) in [5.74, 6) is -2.89. The van der Waals surface area contributed by atoms with E-state index in [1.807, 2.05) is 6.92 Å². The van der Waals surface area contributed by atoms with Gasteiger partial charge < -0.3 is 16.2 Å². The molecule has 6 heteroatoms. The smallest absolute Gasteiger partial charge is 0.253 e. The van der Waals surface area contributed by atoms with Crippen LogP contribution in [0.5, 0.6) is 0 Å². The number of nitrogen functional groups attached to an aromatic ring is 1. The minimum Gasteiger partial charge on any atom is -0.398 e. The van der Waals surface area contributed by atoms with Gasteiger partial charge in [0.2, 0.25) is 0 Å². The maximum atomic E-state index is 13.1. The first-order valence-electron chi connectivity index (χ1n) is 6.02. The third-order valence-electron chi connectivity index (χ3n) is 2.76. The van der Waals surface area contributed by atoms with Crippen LogP contribution in [-0.2, 0) is 0 Å². The van der Waals surface area contributed by atoms with E-state index >= 15 is 0 Å². The molecule has 0 fully saturated rings. The van der Waals surface area contributed by atoms with Gasteiger partial charge in [-0.15, -0.1) is 0 Å². The predicted octanol–water partition coefficient (Wildman–Crippen LogP) is 1.83. The molecule has 0 aliphatic carbocycles. The second-order valence-electron chi connectivity index (χ2n) is 4.78. The molecule has 1 rings (SSSR count). The number of carbonyl (C=O) groups is 1. The Hall–Kier alpha value is -1.69. The second-order valence-corrected chi connectivity index (χ2v) is 4.78. The van der Waals surface area contributed by atoms with Crippen molar-refractivity contribution in [3.8, 4) is 0 Å². The molecule has 0 aromatic heterocycles. The number of amides is 1. The van der Waals surface area contributed by atoms with Gasteiger partial charge in [0.25, 0.3) is 5.91 Å². The highest BCUT2D eigenvalue weighted by atomic mass is 19.2. The van der Waals surface area contributed by atoms with Gasteiger partial charge in [0.05, 0.1) is 11.2 Å². The molecule has 0 aliphatic heterocycles. The number of nitrogens with two attached hydrogens (primary N) is 1. The lowest BCUT2D eigenvalue weighted by molar-refractivity contribution is 0.0469. The highest BCUT2D eigenvalue weighted by Gasteiger charge is 2.21. The fourth-order valence-corrected chi connectivity index (χ4v) is 1.75. The lowest BCUT2D eigenvalue weighted by Gasteiger charge is -2.23. The molecule has 0 aliphatic rings. The Labute approximate surface area is 110 Å². The third kappa shape index (κ3) is 4.17. The van der Waals surface area contributed by atoms with Gasteiger partial charge in [0, 0.05) is 18.3 Å². The molecule has 1 aromatic carbocycles. The first-order chi connectivity index (χ1) is 8.76. The minimum absolute atomic E-state index is 0.0120. The lowest BCUT2D eigenvalue weighted by Crippen LogP contribution is -2.40. The van der Waals surface area contributed by atoms with Crippen LogP contribution >= 0.6 is 0 Å². The molecular weight excluding hydrogens is 254 g/mol. The van der Waals surface area contributed by atoms with E-state index in [0.29, 0.717) is 6.42 Å². The van der Waals surface area contributed by atoms with Crippen LogP contribution in [-0.4, -0.2) is 23.2 Å². The van der Waals surface area contributed by atoms with Crippen LogP contribution in [0.25, 0.3) is 0 Å². The number of rotatable bonds is 5. The van der Waals surface area contributed by atoms with Crippen LogP contribution in [0, 0.1) is 11.6 Å². The number of hydrogen-bond donors (Lipinski definition) is 3. The van der Waals surface area contributed by atoms with Crippen LogP contribution in [0.1, 0.15) is 37.0 Å². The van der Waals surface area contributed by atoms with E-state index in [1.54, 1.807) is 6.92 Å². The molecule has 0 radical (unpaired) electrons. The molecule has 4 N–H and O–H groups in total. The maximum absolute atomic E-state index is 13.1. The molecule has 19 heavy (non-hydrogen) atoms. The highest BCUT2D eigenvalue weighted by molar-refractivity contribution is 5.99. The van der Waals surface area contributed by atoms with Crippen molar-refractivity contribution in [2.24, 2.45) is 0 Å². The number of aliphatic hydroxyl groups is 1. The first-order valence-corrected chi connectivity index (χ1v) is 6.02. The van der Waals surface area contributed by atoms with Crippen molar-refractivity contribution in [1.82, 2.24) is 5.32 Å². The Morgan fingerprint density at radius 3 is 2.58 bits per heavy atom.